The topological polar surface area (TPSA) is 75.4 Å². The molecule has 0 radical (unpaired) electrons. The zero-order valence-electron chi connectivity index (χ0n) is 11.5. The van der Waals surface area contributed by atoms with E-state index in [1.165, 1.54) is 12.5 Å². The predicted octanol–water partition coefficient (Wildman–Crippen LogP) is 4.33. The van der Waals surface area contributed by atoms with Crippen LogP contribution in [-0.2, 0) is 4.79 Å². The molecule has 0 bridgehead atoms. The Bertz CT molecular complexity index is 895. The molecule has 6 nitrogen and oxygen atoms in total. The Morgan fingerprint density at radius 2 is 2.00 bits per heavy atom. The van der Waals surface area contributed by atoms with Crippen LogP contribution in [0.2, 0.25) is 10.0 Å². The van der Waals surface area contributed by atoms with Gasteiger partial charge in [0.2, 0.25) is 6.41 Å². The van der Waals surface area contributed by atoms with Crippen LogP contribution in [0.4, 0.5) is 16.2 Å². The highest BCUT2D eigenvalue weighted by atomic mass is 35.5. The molecule has 0 saturated carbocycles. The maximum absolute atomic E-state index is 12.3. The Balaban J connectivity index is 1.85. The normalized spacial score (nSPS) is 10.5. The number of benzene rings is 2. The van der Waals surface area contributed by atoms with E-state index in [0.717, 1.165) is 4.90 Å². The molecule has 1 heterocycles. The number of oxazole rings is 1. The van der Waals surface area contributed by atoms with Crippen molar-refractivity contribution in [2.24, 2.45) is 0 Å². The van der Waals surface area contributed by atoms with Gasteiger partial charge in [0, 0.05) is 5.69 Å². The Kier molecular flexibility index (Phi) is 4.18. The molecule has 0 spiro atoms. The molecular weight excluding hydrogens is 341 g/mol. The minimum atomic E-state index is -0.638. The number of fused-ring (bicyclic) bond motifs is 1. The first-order valence-corrected chi connectivity index (χ1v) is 7.18. The smallest absolute Gasteiger partial charge is 0.332 e. The van der Waals surface area contributed by atoms with E-state index in [0.29, 0.717) is 38.9 Å². The van der Waals surface area contributed by atoms with Gasteiger partial charge in [0.05, 0.1) is 15.7 Å². The van der Waals surface area contributed by atoms with Crippen molar-refractivity contribution in [2.45, 2.75) is 0 Å². The SMILES string of the molecule is O=CN(C(=O)Nc1ccc(Cl)c(Cl)c1)c1ccc2ocnc2c1. The summed E-state index contributed by atoms with van der Waals surface area (Å²) >= 11 is 11.7. The van der Waals surface area contributed by atoms with Gasteiger partial charge in [-0.3, -0.25) is 4.79 Å². The van der Waals surface area contributed by atoms with E-state index in [-0.39, 0.29) is 0 Å². The summed E-state index contributed by atoms with van der Waals surface area (Å²) in [6.45, 7) is 0. The Morgan fingerprint density at radius 3 is 2.74 bits per heavy atom. The molecule has 0 saturated heterocycles. The third-order valence-electron chi connectivity index (χ3n) is 3.09. The van der Waals surface area contributed by atoms with Gasteiger partial charge in [0.15, 0.2) is 12.0 Å². The molecule has 8 heteroatoms. The lowest BCUT2D eigenvalue weighted by Crippen LogP contribution is -2.33. The Hall–Kier alpha value is -2.57. The molecule has 1 N–H and O–H groups in total. The van der Waals surface area contributed by atoms with Crippen molar-refractivity contribution < 1.29 is 14.0 Å². The van der Waals surface area contributed by atoms with Gasteiger partial charge in [-0.15, -0.1) is 0 Å². The molecule has 3 amide bonds. The van der Waals surface area contributed by atoms with Crippen molar-refractivity contribution >= 4 is 58.1 Å². The molecule has 116 valence electrons. The first-order chi connectivity index (χ1) is 11.1. The van der Waals surface area contributed by atoms with Gasteiger partial charge in [0.25, 0.3) is 0 Å². The van der Waals surface area contributed by atoms with Crippen molar-refractivity contribution in [2.75, 3.05) is 10.2 Å². The maximum Gasteiger partial charge on any atom is 0.332 e. The van der Waals surface area contributed by atoms with Gasteiger partial charge in [0.1, 0.15) is 5.52 Å². The fourth-order valence-electron chi connectivity index (χ4n) is 1.98. The Morgan fingerprint density at radius 1 is 1.17 bits per heavy atom. The second kappa shape index (κ2) is 6.28. The lowest BCUT2D eigenvalue weighted by molar-refractivity contribution is -0.106. The van der Waals surface area contributed by atoms with Gasteiger partial charge < -0.3 is 9.73 Å². The third-order valence-corrected chi connectivity index (χ3v) is 3.83. The summed E-state index contributed by atoms with van der Waals surface area (Å²) in [5.41, 5.74) is 1.87. The first-order valence-electron chi connectivity index (χ1n) is 6.42. The van der Waals surface area contributed by atoms with Gasteiger partial charge in [-0.2, -0.15) is 0 Å². The Labute approximate surface area is 140 Å². The molecule has 0 atom stereocenters. The number of aromatic nitrogens is 1. The van der Waals surface area contributed by atoms with Crippen LogP contribution in [0.25, 0.3) is 11.1 Å². The molecule has 0 fully saturated rings. The number of rotatable bonds is 3. The van der Waals surface area contributed by atoms with Crippen molar-refractivity contribution in [1.29, 1.82) is 0 Å². The largest absolute Gasteiger partial charge is 0.443 e. The lowest BCUT2D eigenvalue weighted by Gasteiger charge is -2.16. The quantitative estimate of drug-likeness (QED) is 0.714. The van der Waals surface area contributed by atoms with Crippen LogP contribution in [0.15, 0.2) is 47.2 Å². The van der Waals surface area contributed by atoms with Crippen LogP contribution >= 0.6 is 23.2 Å². The number of carbonyl (C=O) groups is 2. The average Bonchev–Trinajstić information content (AvgIpc) is 2.99. The number of nitrogens with one attached hydrogen (secondary N) is 1. The predicted molar refractivity (Wildman–Crippen MR) is 88.0 cm³/mol. The van der Waals surface area contributed by atoms with Crippen LogP contribution < -0.4 is 10.2 Å². The fraction of sp³-hybridized carbons (Fsp3) is 0. The molecule has 0 aliphatic heterocycles. The van der Waals surface area contributed by atoms with Crippen LogP contribution in [0.1, 0.15) is 0 Å². The van der Waals surface area contributed by atoms with E-state index >= 15 is 0 Å². The van der Waals surface area contributed by atoms with Gasteiger partial charge in [-0.05, 0) is 36.4 Å². The minimum Gasteiger partial charge on any atom is -0.443 e. The van der Waals surface area contributed by atoms with E-state index in [4.69, 9.17) is 27.6 Å². The second-order valence-electron chi connectivity index (χ2n) is 4.54. The standard InChI is InChI=1S/C15H9Cl2N3O3/c16-11-3-1-9(5-12(11)17)19-15(22)20(8-21)10-2-4-14-13(6-10)18-7-23-14/h1-8H,(H,19,22). The van der Waals surface area contributed by atoms with Crippen molar-refractivity contribution in [3.05, 3.63) is 52.8 Å². The third kappa shape index (κ3) is 3.13. The molecular formula is C15H9Cl2N3O3. The first kappa shape index (κ1) is 15.3. The number of halogens is 2. The molecule has 23 heavy (non-hydrogen) atoms. The highest BCUT2D eigenvalue weighted by molar-refractivity contribution is 6.42. The number of anilines is 2. The summed E-state index contributed by atoms with van der Waals surface area (Å²) in [4.78, 5) is 28.5. The molecule has 2 aromatic carbocycles. The highest BCUT2D eigenvalue weighted by Crippen LogP contribution is 2.26. The van der Waals surface area contributed by atoms with E-state index < -0.39 is 6.03 Å². The van der Waals surface area contributed by atoms with Gasteiger partial charge in [-0.1, -0.05) is 23.2 Å². The van der Waals surface area contributed by atoms with Crippen molar-refractivity contribution in [3.63, 3.8) is 0 Å². The van der Waals surface area contributed by atoms with Crippen molar-refractivity contribution in [3.8, 4) is 0 Å². The van der Waals surface area contributed by atoms with Crippen molar-refractivity contribution in [1.82, 2.24) is 4.98 Å². The zero-order valence-corrected chi connectivity index (χ0v) is 13.0. The molecule has 0 aliphatic rings. The van der Waals surface area contributed by atoms with E-state index in [1.54, 1.807) is 30.3 Å². The van der Waals surface area contributed by atoms with Crippen LogP contribution in [-0.4, -0.2) is 17.4 Å². The van der Waals surface area contributed by atoms with Crippen LogP contribution in [0.3, 0.4) is 0 Å². The summed E-state index contributed by atoms with van der Waals surface area (Å²) in [5, 5.41) is 3.24. The second-order valence-corrected chi connectivity index (χ2v) is 5.35. The number of hydrogen-bond acceptors (Lipinski definition) is 4. The number of amides is 3. The molecule has 0 unspecified atom stereocenters. The summed E-state index contributed by atoms with van der Waals surface area (Å²) in [7, 11) is 0. The molecule has 3 aromatic rings. The van der Waals surface area contributed by atoms with Crippen LogP contribution in [0.5, 0.6) is 0 Å². The molecule has 1 aromatic heterocycles. The zero-order chi connectivity index (χ0) is 16.4. The number of urea groups is 1. The van der Waals surface area contributed by atoms with Gasteiger partial charge >= 0.3 is 6.03 Å². The molecule has 0 aliphatic carbocycles. The van der Waals surface area contributed by atoms with E-state index in [9.17, 15) is 9.59 Å². The average molecular weight is 350 g/mol. The summed E-state index contributed by atoms with van der Waals surface area (Å²) in [6, 6.07) is 8.76. The van der Waals surface area contributed by atoms with E-state index in [2.05, 4.69) is 10.3 Å². The maximum atomic E-state index is 12.3. The minimum absolute atomic E-state index is 0.297. The number of nitrogens with zero attached hydrogens (tertiary/aromatic N) is 2. The number of carbonyl (C=O) groups excluding carboxylic acids is 2. The summed E-state index contributed by atoms with van der Waals surface area (Å²) < 4.78 is 5.12. The monoisotopic (exact) mass is 349 g/mol. The fourth-order valence-corrected chi connectivity index (χ4v) is 2.28. The number of imide groups is 1. The molecule has 3 rings (SSSR count). The summed E-state index contributed by atoms with van der Waals surface area (Å²) in [5.74, 6) is 0. The summed E-state index contributed by atoms with van der Waals surface area (Å²) in [6.07, 6.45) is 1.70. The number of hydrogen-bond donors (Lipinski definition) is 1. The van der Waals surface area contributed by atoms with Gasteiger partial charge in [-0.25, -0.2) is 14.7 Å². The lowest BCUT2D eigenvalue weighted by atomic mass is 10.2. The van der Waals surface area contributed by atoms with Crippen LogP contribution in [0, 0.1) is 0 Å². The highest BCUT2D eigenvalue weighted by Gasteiger charge is 2.16. The van der Waals surface area contributed by atoms with E-state index in [1.807, 2.05) is 0 Å².